The highest BCUT2D eigenvalue weighted by molar-refractivity contribution is 6.26. The number of ketones is 1. The fourth-order valence-electron chi connectivity index (χ4n) is 4.13. The Labute approximate surface area is 173 Å². The van der Waals surface area contributed by atoms with Crippen molar-refractivity contribution in [2.75, 3.05) is 0 Å². The Morgan fingerprint density at radius 2 is 1.59 bits per heavy atom. The molecule has 2 aromatic carbocycles. The van der Waals surface area contributed by atoms with E-state index in [-0.39, 0.29) is 17.5 Å². The second kappa shape index (κ2) is 9.69. The van der Waals surface area contributed by atoms with Gasteiger partial charge >= 0.3 is 5.97 Å². The average molecular weight is 391 g/mol. The molecule has 152 valence electrons. The summed E-state index contributed by atoms with van der Waals surface area (Å²) in [5.41, 5.74) is 1.38. The molecule has 0 amide bonds. The number of esters is 1. The van der Waals surface area contributed by atoms with E-state index in [0.717, 1.165) is 24.8 Å². The highest BCUT2D eigenvalue weighted by atomic mass is 16.5. The van der Waals surface area contributed by atoms with Crippen molar-refractivity contribution in [1.82, 2.24) is 0 Å². The Hall–Kier alpha value is -2.68. The Kier molecular flexibility index (Phi) is 7.03. The van der Waals surface area contributed by atoms with Gasteiger partial charge in [-0.05, 0) is 42.2 Å². The molecule has 0 N–H and O–H groups in total. The first kappa shape index (κ1) is 21.0. The average Bonchev–Trinajstić information content (AvgIpc) is 2.72. The summed E-state index contributed by atoms with van der Waals surface area (Å²) in [6.45, 7) is 6.56. The summed E-state index contributed by atoms with van der Waals surface area (Å²) in [6.07, 6.45) is 4.57. The highest BCUT2D eigenvalue weighted by Gasteiger charge is 2.35. The summed E-state index contributed by atoms with van der Waals surface area (Å²) < 4.78 is 5.98. The van der Waals surface area contributed by atoms with Gasteiger partial charge in [-0.1, -0.05) is 87.9 Å². The van der Waals surface area contributed by atoms with Crippen molar-refractivity contribution in [3.05, 3.63) is 77.4 Å². The molecular formula is C26H30O3. The Balaban J connectivity index is 1.90. The lowest BCUT2D eigenvalue weighted by Gasteiger charge is -2.36. The summed E-state index contributed by atoms with van der Waals surface area (Å²) in [5, 5.41) is 0. The maximum absolute atomic E-state index is 13.2. The number of carbonyl (C=O) groups is 2. The van der Waals surface area contributed by atoms with E-state index >= 15 is 0 Å². The third kappa shape index (κ3) is 5.44. The molecule has 2 aromatic rings. The molecular weight excluding hydrogens is 360 g/mol. The molecule has 1 saturated carbocycles. The van der Waals surface area contributed by atoms with Crippen molar-refractivity contribution in [3.8, 4) is 0 Å². The molecule has 0 saturated heterocycles. The molecule has 0 aromatic heterocycles. The molecule has 1 aliphatic carbocycles. The van der Waals surface area contributed by atoms with Gasteiger partial charge in [0.2, 0.25) is 0 Å². The van der Waals surface area contributed by atoms with Crippen molar-refractivity contribution >= 4 is 17.8 Å². The van der Waals surface area contributed by atoms with E-state index in [9.17, 15) is 9.59 Å². The van der Waals surface area contributed by atoms with Crippen LogP contribution in [0, 0.1) is 17.8 Å². The van der Waals surface area contributed by atoms with Crippen molar-refractivity contribution in [2.45, 2.75) is 46.1 Å². The molecule has 0 bridgehead atoms. The van der Waals surface area contributed by atoms with Crippen LogP contribution in [0.1, 0.15) is 56.0 Å². The second-order valence-corrected chi connectivity index (χ2v) is 8.43. The van der Waals surface area contributed by atoms with Gasteiger partial charge in [-0.2, -0.15) is 0 Å². The van der Waals surface area contributed by atoms with Gasteiger partial charge in [-0.3, -0.25) is 4.79 Å². The van der Waals surface area contributed by atoms with E-state index in [0.29, 0.717) is 23.3 Å². The summed E-state index contributed by atoms with van der Waals surface area (Å²) in [4.78, 5) is 26.3. The van der Waals surface area contributed by atoms with Gasteiger partial charge < -0.3 is 4.74 Å². The zero-order valence-corrected chi connectivity index (χ0v) is 17.5. The third-order valence-corrected chi connectivity index (χ3v) is 5.83. The molecule has 3 rings (SSSR count). The maximum Gasteiger partial charge on any atom is 0.342 e. The zero-order valence-electron chi connectivity index (χ0n) is 17.5. The molecule has 0 spiro atoms. The first-order valence-electron chi connectivity index (χ1n) is 10.5. The van der Waals surface area contributed by atoms with Crippen molar-refractivity contribution in [1.29, 1.82) is 0 Å². The monoisotopic (exact) mass is 390 g/mol. The van der Waals surface area contributed by atoms with Crippen LogP contribution >= 0.6 is 0 Å². The van der Waals surface area contributed by atoms with Gasteiger partial charge in [0.25, 0.3) is 0 Å². The molecule has 1 aliphatic rings. The maximum atomic E-state index is 13.2. The number of carbonyl (C=O) groups excluding carboxylic acids is 2. The molecule has 0 heterocycles. The quantitative estimate of drug-likeness (QED) is 0.201. The Bertz CT molecular complexity index is 852. The lowest BCUT2D eigenvalue weighted by Crippen LogP contribution is -2.36. The topological polar surface area (TPSA) is 43.4 Å². The van der Waals surface area contributed by atoms with Crippen LogP contribution in [-0.4, -0.2) is 17.9 Å². The molecule has 3 nitrogen and oxygen atoms in total. The van der Waals surface area contributed by atoms with Gasteiger partial charge in [0.15, 0.2) is 5.78 Å². The molecule has 0 radical (unpaired) electrons. The minimum Gasteiger partial charge on any atom is -0.458 e. The Morgan fingerprint density at radius 1 is 0.966 bits per heavy atom. The van der Waals surface area contributed by atoms with E-state index in [4.69, 9.17) is 4.74 Å². The lowest BCUT2D eigenvalue weighted by atomic mass is 9.75. The first-order valence-corrected chi connectivity index (χ1v) is 10.5. The first-order chi connectivity index (χ1) is 14.0. The fourth-order valence-corrected chi connectivity index (χ4v) is 4.13. The SMILES string of the molecule is CC(C)[C@H]1CC[C@@H](C)C[C@H]1OC(=O)/C(=C\c1ccccc1)C(=O)c1ccccc1. The van der Waals surface area contributed by atoms with E-state index in [2.05, 4.69) is 20.8 Å². The lowest BCUT2D eigenvalue weighted by molar-refractivity contribution is -0.150. The van der Waals surface area contributed by atoms with Crippen LogP contribution < -0.4 is 0 Å². The smallest absolute Gasteiger partial charge is 0.342 e. The summed E-state index contributed by atoms with van der Waals surface area (Å²) >= 11 is 0. The molecule has 0 aliphatic heterocycles. The molecule has 1 fully saturated rings. The number of hydrogen-bond donors (Lipinski definition) is 0. The van der Waals surface area contributed by atoms with Crippen LogP contribution in [0.15, 0.2) is 66.2 Å². The standard InChI is InChI=1S/C26H30O3/c1-18(2)22-15-14-19(3)16-24(22)29-26(28)23(17-20-10-6-4-7-11-20)25(27)21-12-8-5-9-13-21/h4-13,17-19,22,24H,14-16H2,1-3H3/b23-17-/t19-,22-,24-/m1/s1. The highest BCUT2D eigenvalue weighted by Crippen LogP contribution is 2.36. The van der Waals surface area contributed by atoms with Crippen LogP contribution in [0.4, 0.5) is 0 Å². The minimum absolute atomic E-state index is 0.0862. The number of hydrogen-bond acceptors (Lipinski definition) is 3. The van der Waals surface area contributed by atoms with Crippen LogP contribution in [0.3, 0.4) is 0 Å². The van der Waals surface area contributed by atoms with Gasteiger partial charge in [0.05, 0.1) is 0 Å². The predicted molar refractivity (Wildman–Crippen MR) is 116 cm³/mol. The molecule has 3 heteroatoms. The van der Waals surface area contributed by atoms with Crippen LogP contribution in [0.5, 0.6) is 0 Å². The van der Waals surface area contributed by atoms with E-state index in [1.165, 1.54) is 0 Å². The summed E-state index contributed by atoms with van der Waals surface area (Å²) in [7, 11) is 0. The van der Waals surface area contributed by atoms with Crippen molar-refractivity contribution < 1.29 is 14.3 Å². The number of ether oxygens (including phenoxy) is 1. The summed E-state index contributed by atoms with van der Waals surface area (Å²) in [5.74, 6) is 0.470. The number of rotatable bonds is 6. The number of Topliss-reactive ketones (excluding diaryl/α,β-unsaturated/α-hetero) is 1. The molecule has 29 heavy (non-hydrogen) atoms. The van der Waals surface area contributed by atoms with Crippen molar-refractivity contribution in [3.63, 3.8) is 0 Å². The van der Waals surface area contributed by atoms with Gasteiger partial charge in [0.1, 0.15) is 11.7 Å². The predicted octanol–water partition coefficient (Wildman–Crippen LogP) is 5.96. The van der Waals surface area contributed by atoms with Gasteiger partial charge in [0, 0.05) is 5.56 Å². The van der Waals surface area contributed by atoms with Crippen molar-refractivity contribution in [2.24, 2.45) is 17.8 Å². The normalized spacial score (nSPS) is 22.3. The molecule has 0 unspecified atom stereocenters. The molecule has 3 atom stereocenters. The zero-order chi connectivity index (χ0) is 20.8. The van der Waals surface area contributed by atoms with E-state index in [1.54, 1.807) is 30.3 Å². The Morgan fingerprint density at radius 3 is 2.21 bits per heavy atom. The van der Waals surface area contributed by atoms with E-state index < -0.39 is 5.97 Å². The minimum atomic E-state index is -0.521. The fraction of sp³-hybridized carbons (Fsp3) is 0.385. The number of benzene rings is 2. The van der Waals surface area contributed by atoms with Crippen LogP contribution in [0.25, 0.3) is 6.08 Å². The van der Waals surface area contributed by atoms with Crippen LogP contribution in [0.2, 0.25) is 0 Å². The van der Waals surface area contributed by atoms with Gasteiger partial charge in [-0.25, -0.2) is 4.79 Å². The van der Waals surface area contributed by atoms with Gasteiger partial charge in [-0.15, -0.1) is 0 Å². The second-order valence-electron chi connectivity index (χ2n) is 8.43. The van der Waals surface area contributed by atoms with E-state index in [1.807, 2.05) is 36.4 Å². The summed E-state index contributed by atoms with van der Waals surface area (Å²) in [6, 6.07) is 18.4. The largest absolute Gasteiger partial charge is 0.458 e. The third-order valence-electron chi connectivity index (χ3n) is 5.83. The van der Waals surface area contributed by atoms with Crippen LogP contribution in [-0.2, 0) is 9.53 Å².